The van der Waals surface area contributed by atoms with Crippen molar-refractivity contribution in [2.45, 2.75) is 33.9 Å². The van der Waals surface area contributed by atoms with Gasteiger partial charge in [0.15, 0.2) is 3.95 Å². The first-order valence-corrected chi connectivity index (χ1v) is 9.49. The standard InChI is InChI=1S/C17H25N5OS2/c1-5-8-18-15(23)10-21(4)11-22-17(24)25-16(20-22)19-14-7-6-12(2)13(3)9-14/h6-7,9H,5,8,10-11H2,1-4H3,(H,18,23)(H,19,20). The summed E-state index contributed by atoms with van der Waals surface area (Å²) in [6.07, 6.45) is 0.931. The van der Waals surface area contributed by atoms with E-state index in [4.69, 9.17) is 12.2 Å². The van der Waals surface area contributed by atoms with E-state index in [1.54, 1.807) is 4.68 Å². The van der Waals surface area contributed by atoms with Gasteiger partial charge in [-0.3, -0.25) is 9.69 Å². The lowest BCUT2D eigenvalue weighted by atomic mass is 10.1. The number of carbonyl (C=O) groups excluding carboxylic acids is 1. The van der Waals surface area contributed by atoms with E-state index in [2.05, 4.69) is 41.7 Å². The highest BCUT2D eigenvalue weighted by Crippen LogP contribution is 2.22. The lowest BCUT2D eigenvalue weighted by molar-refractivity contribution is -0.122. The topological polar surface area (TPSA) is 62.2 Å². The van der Waals surface area contributed by atoms with Crippen LogP contribution in [0.1, 0.15) is 24.5 Å². The number of amides is 1. The molecule has 0 aliphatic rings. The summed E-state index contributed by atoms with van der Waals surface area (Å²) in [6, 6.07) is 6.20. The van der Waals surface area contributed by atoms with Crippen LogP contribution in [0.25, 0.3) is 0 Å². The fraction of sp³-hybridized carbons (Fsp3) is 0.471. The Labute approximate surface area is 157 Å². The Kier molecular flexibility index (Phi) is 7.10. The molecule has 0 saturated heterocycles. The first-order chi connectivity index (χ1) is 11.9. The second kappa shape index (κ2) is 9.07. The van der Waals surface area contributed by atoms with Gasteiger partial charge in [-0.25, -0.2) is 4.68 Å². The van der Waals surface area contributed by atoms with Crippen LogP contribution in [0, 0.1) is 17.8 Å². The molecular weight excluding hydrogens is 354 g/mol. The minimum atomic E-state index is 0.0135. The molecule has 0 atom stereocenters. The highest BCUT2D eigenvalue weighted by molar-refractivity contribution is 7.73. The number of nitrogens with one attached hydrogen (secondary N) is 2. The van der Waals surface area contributed by atoms with Gasteiger partial charge in [-0.05, 0) is 62.8 Å². The van der Waals surface area contributed by atoms with Gasteiger partial charge in [-0.2, -0.15) is 0 Å². The average molecular weight is 380 g/mol. The maximum Gasteiger partial charge on any atom is 0.234 e. The van der Waals surface area contributed by atoms with Crippen molar-refractivity contribution in [2.24, 2.45) is 0 Å². The number of likely N-dealkylation sites (N-methyl/N-ethyl adjacent to an activating group) is 1. The van der Waals surface area contributed by atoms with E-state index < -0.39 is 0 Å². The second-order valence-electron chi connectivity index (χ2n) is 6.10. The molecule has 25 heavy (non-hydrogen) atoms. The highest BCUT2D eigenvalue weighted by Gasteiger charge is 2.10. The van der Waals surface area contributed by atoms with E-state index >= 15 is 0 Å². The zero-order valence-corrected chi connectivity index (χ0v) is 16.8. The number of carbonyl (C=O) groups is 1. The smallest absolute Gasteiger partial charge is 0.234 e. The molecule has 1 amide bonds. The third kappa shape index (κ3) is 5.91. The van der Waals surface area contributed by atoms with Crippen molar-refractivity contribution in [1.82, 2.24) is 20.0 Å². The maximum absolute atomic E-state index is 11.8. The predicted molar refractivity (Wildman–Crippen MR) is 106 cm³/mol. The van der Waals surface area contributed by atoms with Crippen LogP contribution in [0.3, 0.4) is 0 Å². The minimum Gasteiger partial charge on any atom is -0.355 e. The van der Waals surface area contributed by atoms with Crippen molar-refractivity contribution >= 4 is 40.3 Å². The Morgan fingerprint density at radius 2 is 2.12 bits per heavy atom. The van der Waals surface area contributed by atoms with Gasteiger partial charge in [-0.1, -0.05) is 24.3 Å². The molecule has 1 aromatic heterocycles. The molecule has 2 N–H and O–H groups in total. The molecule has 2 rings (SSSR count). The largest absolute Gasteiger partial charge is 0.355 e. The number of hydrogen-bond donors (Lipinski definition) is 2. The molecule has 0 aliphatic heterocycles. The average Bonchev–Trinajstić information content (AvgIpc) is 2.88. The van der Waals surface area contributed by atoms with Gasteiger partial charge in [0.1, 0.15) is 0 Å². The predicted octanol–water partition coefficient (Wildman–Crippen LogP) is 3.45. The van der Waals surface area contributed by atoms with Crippen molar-refractivity contribution < 1.29 is 4.79 Å². The minimum absolute atomic E-state index is 0.0135. The lowest BCUT2D eigenvalue weighted by Crippen LogP contribution is -2.36. The summed E-state index contributed by atoms with van der Waals surface area (Å²) < 4.78 is 2.41. The van der Waals surface area contributed by atoms with Crippen LogP contribution >= 0.6 is 23.6 Å². The quantitative estimate of drug-likeness (QED) is 0.688. The molecule has 136 valence electrons. The summed E-state index contributed by atoms with van der Waals surface area (Å²) in [5, 5.41) is 11.4. The zero-order valence-electron chi connectivity index (χ0n) is 15.1. The van der Waals surface area contributed by atoms with Crippen molar-refractivity contribution in [1.29, 1.82) is 0 Å². The van der Waals surface area contributed by atoms with Gasteiger partial charge >= 0.3 is 0 Å². The number of rotatable bonds is 8. The van der Waals surface area contributed by atoms with Crippen molar-refractivity contribution in [3.8, 4) is 0 Å². The van der Waals surface area contributed by atoms with E-state index in [0.29, 0.717) is 23.7 Å². The summed E-state index contributed by atoms with van der Waals surface area (Å²) in [7, 11) is 1.88. The number of benzene rings is 1. The van der Waals surface area contributed by atoms with E-state index in [0.717, 1.165) is 17.2 Å². The van der Waals surface area contributed by atoms with Crippen LogP contribution in [0.4, 0.5) is 10.8 Å². The Morgan fingerprint density at radius 1 is 1.36 bits per heavy atom. The molecule has 0 saturated carbocycles. The number of anilines is 2. The molecule has 0 radical (unpaired) electrons. The molecule has 1 aromatic carbocycles. The zero-order chi connectivity index (χ0) is 18.4. The lowest BCUT2D eigenvalue weighted by Gasteiger charge is -2.15. The molecule has 0 fully saturated rings. The molecule has 0 bridgehead atoms. The fourth-order valence-electron chi connectivity index (χ4n) is 2.23. The van der Waals surface area contributed by atoms with Gasteiger partial charge in [0.2, 0.25) is 11.0 Å². The Morgan fingerprint density at radius 3 is 2.80 bits per heavy atom. The summed E-state index contributed by atoms with van der Waals surface area (Å²) in [4.78, 5) is 13.7. The molecule has 8 heteroatoms. The maximum atomic E-state index is 11.8. The first kappa shape index (κ1) is 19.6. The summed E-state index contributed by atoms with van der Waals surface area (Å²) in [6.45, 7) is 7.70. The third-order valence-corrected chi connectivity index (χ3v) is 4.95. The second-order valence-corrected chi connectivity index (χ2v) is 7.72. The normalized spacial score (nSPS) is 10.9. The van der Waals surface area contributed by atoms with Crippen LogP contribution in [0.15, 0.2) is 18.2 Å². The van der Waals surface area contributed by atoms with Crippen LogP contribution in [0.2, 0.25) is 0 Å². The Bertz CT molecular complexity index is 784. The molecule has 6 nitrogen and oxygen atoms in total. The van der Waals surface area contributed by atoms with E-state index in [1.807, 2.05) is 24.9 Å². The summed E-state index contributed by atoms with van der Waals surface area (Å²) >= 11 is 6.81. The molecular formula is C17H25N5OS2. The van der Waals surface area contributed by atoms with Gasteiger partial charge in [0, 0.05) is 12.2 Å². The fourth-order valence-corrected chi connectivity index (χ4v) is 3.25. The monoisotopic (exact) mass is 379 g/mol. The highest BCUT2D eigenvalue weighted by atomic mass is 32.1. The van der Waals surface area contributed by atoms with E-state index in [-0.39, 0.29) is 5.91 Å². The van der Waals surface area contributed by atoms with Gasteiger partial charge in [0.05, 0.1) is 13.2 Å². The van der Waals surface area contributed by atoms with E-state index in [1.165, 1.54) is 22.5 Å². The number of hydrogen-bond acceptors (Lipinski definition) is 6. The third-order valence-electron chi connectivity index (χ3n) is 3.73. The van der Waals surface area contributed by atoms with Gasteiger partial charge in [0.25, 0.3) is 0 Å². The first-order valence-electron chi connectivity index (χ1n) is 8.26. The number of nitrogens with zero attached hydrogens (tertiary/aromatic N) is 3. The molecule has 1 heterocycles. The van der Waals surface area contributed by atoms with E-state index in [9.17, 15) is 4.79 Å². The van der Waals surface area contributed by atoms with Gasteiger partial charge in [-0.15, -0.1) is 5.10 Å². The Balaban J connectivity index is 1.98. The van der Waals surface area contributed by atoms with Crippen molar-refractivity contribution in [3.05, 3.63) is 33.3 Å². The SMILES string of the molecule is CCCNC(=O)CN(C)Cn1nc(Nc2ccc(C)c(C)c2)sc1=S. The van der Waals surface area contributed by atoms with Crippen molar-refractivity contribution in [3.63, 3.8) is 0 Å². The van der Waals surface area contributed by atoms with Crippen LogP contribution < -0.4 is 10.6 Å². The molecule has 0 spiro atoms. The van der Waals surface area contributed by atoms with Gasteiger partial charge < -0.3 is 10.6 Å². The summed E-state index contributed by atoms with van der Waals surface area (Å²) in [5.74, 6) is 0.0135. The summed E-state index contributed by atoms with van der Waals surface area (Å²) in [5.41, 5.74) is 3.48. The van der Waals surface area contributed by atoms with Crippen LogP contribution in [0.5, 0.6) is 0 Å². The Hall–Kier alpha value is -1.77. The van der Waals surface area contributed by atoms with Crippen LogP contribution in [-0.4, -0.2) is 40.7 Å². The van der Waals surface area contributed by atoms with Crippen molar-refractivity contribution in [2.75, 3.05) is 25.5 Å². The van der Waals surface area contributed by atoms with Crippen LogP contribution in [-0.2, 0) is 11.5 Å². The number of aromatic nitrogens is 2. The molecule has 0 unspecified atom stereocenters. The molecule has 2 aromatic rings. The number of aryl methyl sites for hydroxylation is 2. The molecule has 0 aliphatic carbocycles.